The molecule has 148 valence electrons. The predicted molar refractivity (Wildman–Crippen MR) is 111 cm³/mol. The van der Waals surface area contributed by atoms with Gasteiger partial charge >= 0.3 is 0 Å². The van der Waals surface area contributed by atoms with Crippen molar-refractivity contribution in [2.75, 3.05) is 0 Å². The van der Waals surface area contributed by atoms with Crippen LogP contribution in [0.1, 0.15) is 36.9 Å². The van der Waals surface area contributed by atoms with Crippen LogP contribution in [0.3, 0.4) is 0 Å². The molecule has 0 saturated heterocycles. The molecule has 3 aromatic rings. The van der Waals surface area contributed by atoms with Crippen molar-refractivity contribution >= 4 is 28.4 Å². The number of carbonyl (C=O) groups is 1. The van der Waals surface area contributed by atoms with Gasteiger partial charge in [-0.2, -0.15) is 10.4 Å². The van der Waals surface area contributed by atoms with Crippen LogP contribution in [0.5, 0.6) is 0 Å². The quantitative estimate of drug-likeness (QED) is 0.562. The third kappa shape index (κ3) is 4.64. The Morgan fingerprint density at radius 1 is 1.41 bits per heavy atom. The van der Waals surface area contributed by atoms with Gasteiger partial charge < -0.3 is 5.32 Å². The monoisotopic (exact) mass is 410 g/mol. The molecule has 3 rings (SSSR count). The molecule has 29 heavy (non-hydrogen) atoms. The molecule has 1 atom stereocenters. The van der Waals surface area contributed by atoms with Crippen LogP contribution in [0.4, 0.5) is 4.39 Å². The number of nitriles is 1. The van der Waals surface area contributed by atoms with Crippen molar-refractivity contribution in [1.82, 2.24) is 15.1 Å². The number of nitrogens with one attached hydrogen (secondary N) is 1. The van der Waals surface area contributed by atoms with Gasteiger partial charge in [-0.3, -0.25) is 9.48 Å². The molecule has 0 aliphatic carbocycles. The first-order chi connectivity index (χ1) is 13.9. The molecule has 7 heteroatoms. The number of hydrogen-bond acceptors (Lipinski definition) is 3. The molecule has 0 aliphatic heterocycles. The molecular formula is C22H20ClFN4O. The molecule has 1 N–H and O–H groups in total. The second-order valence-electron chi connectivity index (χ2n) is 6.79. The summed E-state index contributed by atoms with van der Waals surface area (Å²) in [7, 11) is 0. The van der Waals surface area contributed by atoms with Gasteiger partial charge in [-0.05, 0) is 50.1 Å². The molecule has 1 unspecified atom stereocenters. The van der Waals surface area contributed by atoms with Gasteiger partial charge in [0.25, 0.3) is 0 Å². The van der Waals surface area contributed by atoms with Crippen molar-refractivity contribution in [3.05, 3.63) is 76.7 Å². The van der Waals surface area contributed by atoms with Crippen molar-refractivity contribution in [2.24, 2.45) is 0 Å². The average Bonchev–Trinajstić information content (AvgIpc) is 3.09. The van der Waals surface area contributed by atoms with E-state index in [1.165, 1.54) is 12.1 Å². The zero-order valence-corrected chi connectivity index (χ0v) is 16.7. The summed E-state index contributed by atoms with van der Waals surface area (Å²) in [6, 6.07) is 11.4. The molecule has 5 nitrogen and oxygen atoms in total. The lowest BCUT2D eigenvalue weighted by Gasteiger charge is -2.17. The van der Waals surface area contributed by atoms with Crippen LogP contribution in [-0.4, -0.2) is 15.7 Å². The lowest BCUT2D eigenvalue weighted by atomic mass is 10.1. The number of fused-ring (bicyclic) bond motifs is 1. The highest BCUT2D eigenvalue weighted by atomic mass is 35.5. The summed E-state index contributed by atoms with van der Waals surface area (Å²) in [5, 5.41) is 17.2. The molecule has 0 saturated carbocycles. The van der Waals surface area contributed by atoms with E-state index in [9.17, 15) is 9.18 Å². The Bertz CT molecular complexity index is 1100. The summed E-state index contributed by atoms with van der Waals surface area (Å²) in [6.45, 7) is 6.13. The van der Waals surface area contributed by atoms with Crippen LogP contribution in [0, 0.1) is 17.1 Å². The zero-order chi connectivity index (χ0) is 21.0. The second kappa shape index (κ2) is 8.89. The van der Waals surface area contributed by atoms with Crippen LogP contribution in [0.25, 0.3) is 10.9 Å². The SMILES string of the molecule is C=C(CCCn1ncc2cc(C#N)ccc21)C(=O)NC(C)c1c(F)cccc1Cl. The highest BCUT2D eigenvalue weighted by molar-refractivity contribution is 6.31. The number of hydrogen-bond donors (Lipinski definition) is 1. The minimum atomic E-state index is -0.572. The van der Waals surface area contributed by atoms with Crippen molar-refractivity contribution in [1.29, 1.82) is 5.26 Å². The van der Waals surface area contributed by atoms with Crippen molar-refractivity contribution in [3.8, 4) is 6.07 Å². The largest absolute Gasteiger partial charge is 0.346 e. The Morgan fingerprint density at radius 2 is 2.21 bits per heavy atom. The van der Waals surface area contributed by atoms with E-state index in [1.807, 2.05) is 10.7 Å². The molecular weight excluding hydrogens is 391 g/mol. The number of rotatable bonds is 7. The number of aryl methyl sites for hydroxylation is 1. The Balaban J connectivity index is 1.56. The second-order valence-corrected chi connectivity index (χ2v) is 7.20. The van der Waals surface area contributed by atoms with E-state index in [1.54, 1.807) is 31.3 Å². The van der Waals surface area contributed by atoms with Crippen molar-refractivity contribution < 1.29 is 9.18 Å². The number of halogens is 2. The van der Waals surface area contributed by atoms with Crippen LogP contribution in [-0.2, 0) is 11.3 Å². The van der Waals surface area contributed by atoms with E-state index in [2.05, 4.69) is 23.1 Å². The minimum Gasteiger partial charge on any atom is -0.346 e. The predicted octanol–water partition coefficient (Wildman–Crippen LogP) is 4.91. The Labute approximate surface area is 173 Å². The minimum absolute atomic E-state index is 0.259. The van der Waals surface area contributed by atoms with E-state index in [-0.39, 0.29) is 16.5 Å². The summed E-state index contributed by atoms with van der Waals surface area (Å²) in [6.07, 6.45) is 2.86. The molecule has 1 amide bonds. The van der Waals surface area contributed by atoms with Crippen molar-refractivity contribution in [2.45, 2.75) is 32.4 Å². The molecule has 0 aliphatic rings. The lowest BCUT2D eigenvalue weighted by molar-refractivity contribution is -0.118. The number of benzene rings is 2. The first kappa shape index (κ1) is 20.6. The summed E-state index contributed by atoms with van der Waals surface area (Å²) in [5.74, 6) is -0.790. The third-order valence-corrected chi connectivity index (χ3v) is 5.05. The number of aromatic nitrogens is 2. The molecule has 0 spiro atoms. The Morgan fingerprint density at radius 3 is 2.93 bits per heavy atom. The molecule has 1 aromatic heterocycles. The highest BCUT2D eigenvalue weighted by Gasteiger charge is 2.18. The fraction of sp³-hybridized carbons (Fsp3) is 0.227. The van der Waals surface area contributed by atoms with Gasteiger partial charge in [0, 0.05) is 28.1 Å². The van der Waals surface area contributed by atoms with Crippen LogP contribution >= 0.6 is 11.6 Å². The van der Waals surface area contributed by atoms with Gasteiger partial charge in [-0.15, -0.1) is 0 Å². The van der Waals surface area contributed by atoms with Crippen LogP contribution in [0.2, 0.25) is 5.02 Å². The maximum absolute atomic E-state index is 14.0. The summed E-state index contributed by atoms with van der Waals surface area (Å²) >= 11 is 6.05. The standard InChI is InChI=1S/C22H20ClFN4O/c1-14(22(29)27-15(2)21-18(23)6-3-7-19(21)24)5-4-10-28-20-9-8-16(12-25)11-17(20)13-26-28/h3,6-9,11,13,15H,1,4-5,10H2,2H3,(H,27,29). The van der Waals surface area contributed by atoms with E-state index in [0.717, 1.165) is 10.9 Å². The molecule has 1 heterocycles. The van der Waals surface area contributed by atoms with E-state index in [4.69, 9.17) is 16.9 Å². The average molecular weight is 411 g/mol. The van der Waals surface area contributed by atoms with Gasteiger partial charge in [0.2, 0.25) is 5.91 Å². The fourth-order valence-corrected chi connectivity index (χ4v) is 3.51. The van der Waals surface area contributed by atoms with Crippen molar-refractivity contribution in [3.63, 3.8) is 0 Å². The van der Waals surface area contributed by atoms with Gasteiger partial charge in [0.15, 0.2) is 0 Å². The number of carbonyl (C=O) groups excluding carboxylic acids is 1. The highest BCUT2D eigenvalue weighted by Crippen LogP contribution is 2.26. The van der Waals surface area contributed by atoms with Crippen LogP contribution < -0.4 is 5.32 Å². The number of amides is 1. The first-order valence-corrected chi connectivity index (χ1v) is 9.56. The normalized spacial score (nSPS) is 11.8. The first-order valence-electron chi connectivity index (χ1n) is 9.19. The summed E-state index contributed by atoms with van der Waals surface area (Å²) < 4.78 is 15.8. The van der Waals surface area contributed by atoms with Gasteiger partial charge in [0.05, 0.1) is 29.4 Å². The van der Waals surface area contributed by atoms with Gasteiger partial charge in [-0.25, -0.2) is 4.39 Å². The molecule has 0 radical (unpaired) electrons. The molecule has 0 bridgehead atoms. The smallest absolute Gasteiger partial charge is 0.247 e. The van der Waals surface area contributed by atoms with Crippen LogP contribution in [0.15, 0.2) is 54.7 Å². The maximum atomic E-state index is 14.0. The fourth-order valence-electron chi connectivity index (χ4n) is 3.19. The molecule has 2 aromatic carbocycles. The topological polar surface area (TPSA) is 70.7 Å². The van der Waals surface area contributed by atoms with Gasteiger partial charge in [-0.1, -0.05) is 24.2 Å². The lowest BCUT2D eigenvalue weighted by Crippen LogP contribution is -2.28. The van der Waals surface area contributed by atoms with E-state index < -0.39 is 11.9 Å². The van der Waals surface area contributed by atoms with E-state index in [0.29, 0.717) is 30.5 Å². The summed E-state index contributed by atoms with van der Waals surface area (Å²) in [4.78, 5) is 12.4. The zero-order valence-electron chi connectivity index (χ0n) is 16.0. The Hall–Kier alpha value is -3.17. The van der Waals surface area contributed by atoms with E-state index >= 15 is 0 Å². The molecule has 0 fully saturated rings. The maximum Gasteiger partial charge on any atom is 0.247 e. The Kier molecular flexibility index (Phi) is 6.30. The van der Waals surface area contributed by atoms with Gasteiger partial charge in [0.1, 0.15) is 5.82 Å². The summed E-state index contributed by atoms with van der Waals surface area (Å²) in [5.41, 5.74) is 2.19. The third-order valence-electron chi connectivity index (χ3n) is 4.72. The number of nitrogens with zero attached hydrogens (tertiary/aromatic N) is 3.